The van der Waals surface area contributed by atoms with Gasteiger partial charge in [0, 0.05) is 4.47 Å². The van der Waals surface area contributed by atoms with Gasteiger partial charge in [0.05, 0.1) is 31.9 Å². The lowest BCUT2D eigenvalue weighted by molar-refractivity contribution is -0.115. The smallest absolute Gasteiger partial charge is 0.264 e. The summed E-state index contributed by atoms with van der Waals surface area (Å²) in [7, 11) is 4.64. The largest absolute Gasteiger partial charge is 0.493 e. The van der Waals surface area contributed by atoms with E-state index >= 15 is 0 Å². The maximum Gasteiger partial charge on any atom is 0.264 e. The third-order valence-electron chi connectivity index (χ3n) is 3.67. The molecule has 140 valence electrons. The van der Waals surface area contributed by atoms with Crippen molar-refractivity contribution in [2.75, 3.05) is 21.3 Å². The lowest BCUT2D eigenvalue weighted by Crippen LogP contribution is -2.19. The zero-order valence-corrected chi connectivity index (χ0v) is 17.3. The van der Waals surface area contributed by atoms with Gasteiger partial charge in [0.15, 0.2) is 16.7 Å². The summed E-state index contributed by atoms with van der Waals surface area (Å²) in [4.78, 5) is 17.3. The van der Waals surface area contributed by atoms with E-state index in [0.29, 0.717) is 27.3 Å². The first-order valence-corrected chi connectivity index (χ1v) is 9.50. The van der Waals surface area contributed by atoms with Gasteiger partial charge in [-0.15, -0.1) is 0 Å². The zero-order chi connectivity index (χ0) is 19.4. The van der Waals surface area contributed by atoms with Crippen LogP contribution in [0.25, 0.3) is 6.08 Å². The Morgan fingerprint density at radius 3 is 2.37 bits per heavy atom. The van der Waals surface area contributed by atoms with Crippen molar-refractivity contribution >= 4 is 50.5 Å². The molecule has 0 aliphatic carbocycles. The van der Waals surface area contributed by atoms with Gasteiger partial charge in [-0.3, -0.25) is 4.79 Å². The molecule has 0 unspecified atom stereocenters. The molecule has 27 heavy (non-hydrogen) atoms. The molecular formula is C19H17BrN2O4S. The molecule has 0 bridgehead atoms. The average Bonchev–Trinajstić information content (AvgIpc) is 2.99. The van der Waals surface area contributed by atoms with Gasteiger partial charge in [0.1, 0.15) is 0 Å². The number of amides is 1. The number of rotatable bonds is 5. The van der Waals surface area contributed by atoms with E-state index in [-0.39, 0.29) is 5.91 Å². The van der Waals surface area contributed by atoms with Gasteiger partial charge in [-0.05, 0) is 53.7 Å². The predicted octanol–water partition coefficient (Wildman–Crippen LogP) is 4.37. The van der Waals surface area contributed by atoms with Crippen LogP contribution in [0.3, 0.4) is 0 Å². The third kappa shape index (κ3) is 4.45. The summed E-state index contributed by atoms with van der Waals surface area (Å²) in [6.07, 6.45) is 1.76. The van der Waals surface area contributed by atoms with Crippen molar-refractivity contribution < 1.29 is 19.0 Å². The molecule has 1 heterocycles. The van der Waals surface area contributed by atoms with Crippen molar-refractivity contribution in [2.45, 2.75) is 0 Å². The molecule has 0 aromatic heterocycles. The van der Waals surface area contributed by atoms with Crippen LogP contribution >= 0.6 is 27.7 Å². The zero-order valence-electron chi connectivity index (χ0n) is 14.9. The molecule has 3 rings (SSSR count). The average molecular weight is 449 g/mol. The van der Waals surface area contributed by atoms with Crippen LogP contribution in [-0.4, -0.2) is 32.4 Å². The molecule has 1 aliphatic rings. The Kier molecular flexibility index (Phi) is 6.08. The second kappa shape index (κ2) is 8.49. The van der Waals surface area contributed by atoms with Crippen molar-refractivity contribution in [1.82, 2.24) is 5.32 Å². The first-order valence-electron chi connectivity index (χ1n) is 7.89. The van der Waals surface area contributed by atoms with Crippen LogP contribution in [0.4, 0.5) is 5.69 Å². The SMILES string of the molecule is COc1cc(/C=C2/SC(=Nc3cccc(Br)c3)NC2=O)cc(OC)c1OC. The number of thioether (sulfide) groups is 1. The number of carbonyl (C=O) groups is 1. The molecule has 0 radical (unpaired) electrons. The van der Waals surface area contributed by atoms with E-state index in [1.54, 1.807) is 39.5 Å². The number of benzene rings is 2. The number of amidine groups is 1. The van der Waals surface area contributed by atoms with Gasteiger partial charge in [-0.2, -0.15) is 0 Å². The highest BCUT2D eigenvalue weighted by Gasteiger charge is 2.24. The number of halogens is 1. The Bertz CT molecular complexity index is 918. The summed E-state index contributed by atoms with van der Waals surface area (Å²) >= 11 is 4.68. The number of hydrogen-bond donors (Lipinski definition) is 1. The molecule has 6 nitrogen and oxygen atoms in total. The van der Waals surface area contributed by atoms with Gasteiger partial charge >= 0.3 is 0 Å². The third-order valence-corrected chi connectivity index (χ3v) is 5.08. The van der Waals surface area contributed by atoms with Gasteiger partial charge in [0.25, 0.3) is 5.91 Å². The summed E-state index contributed by atoms with van der Waals surface area (Å²) in [6, 6.07) is 11.1. The molecule has 8 heteroatoms. The second-order valence-corrected chi connectivity index (χ2v) is 7.37. The highest BCUT2D eigenvalue weighted by Crippen LogP contribution is 2.39. The van der Waals surface area contributed by atoms with Crippen LogP contribution in [0.15, 0.2) is 50.8 Å². The normalized spacial score (nSPS) is 16.5. The maximum atomic E-state index is 12.3. The van der Waals surface area contributed by atoms with Crippen molar-refractivity contribution in [3.8, 4) is 17.2 Å². The highest BCUT2D eigenvalue weighted by molar-refractivity contribution is 9.10. The van der Waals surface area contributed by atoms with Crippen LogP contribution in [0.5, 0.6) is 17.2 Å². The standard InChI is InChI=1S/C19H17BrN2O4S/c1-24-14-7-11(8-15(25-2)17(14)26-3)9-16-18(23)22-19(27-16)21-13-6-4-5-12(20)10-13/h4-10H,1-3H3,(H,21,22,23)/b16-9+. The lowest BCUT2D eigenvalue weighted by Gasteiger charge is -2.12. The van der Waals surface area contributed by atoms with E-state index in [2.05, 4.69) is 26.2 Å². The van der Waals surface area contributed by atoms with Crippen molar-refractivity contribution in [1.29, 1.82) is 0 Å². The molecule has 0 spiro atoms. The molecule has 1 amide bonds. The fourth-order valence-corrected chi connectivity index (χ4v) is 3.71. The molecule has 2 aromatic carbocycles. The van der Waals surface area contributed by atoms with Gasteiger partial charge < -0.3 is 19.5 Å². The summed E-state index contributed by atoms with van der Waals surface area (Å²) < 4.78 is 16.9. The molecule has 2 aromatic rings. The molecular weight excluding hydrogens is 432 g/mol. The van der Waals surface area contributed by atoms with Crippen LogP contribution in [-0.2, 0) is 4.79 Å². The Balaban J connectivity index is 1.90. The van der Waals surface area contributed by atoms with E-state index in [1.165, 1.54) is 11.8 Å². The molecule has 0 saturated carbocycles. The van der Waals surface area contributed by atoms with Crippen LogP contribution in [0.1, 0.15) is 5.56 Å². The first kappa shape index (κ1) is 19.3. The molecule has 1 saturated heterocycles. The van der Waals surface area contributed by atoms with Gasteiger partial charge in [0.2, 0.25) is 5.75 Å². The van der Waals surface area contributed by atoms with E-state index in [1.807, 2.05) is 24.3 Å². The minimum absolute atomic E-state index is 0.206. The molecule has 1 N–H and O–H groups in total. The number of nitrogens with zero attached hydrogens (tertiary/aromatic N) is 1. The summed E-state index contributed by atoms with van der Waals surface area (Å²) in [5.74, 6) is 1.34. The number of methoxy groups -OCH3 is 3. The quantitative estimate of drug-likeness (QED) is 0.687. The topological polar surface area (TPSA) is 69.2 Å². The Morgan fingerprint density at radius 1 is 1.07 bits per heavy atom. The van der Waals surface area contributed by atoms with Crippen molar-refractivity contribution in [3.05, 3.63) is 51.3 Å². The molecule has 1 aliphatic heterocycles. The van der Waals surface area contributed by atoms with Crippen molar-refractivity contribution in [3.63, 3.8) is 0 Å². The second-order valence-electron chi connectivity index (χ2n) is 5.42. The van der Waals surface area contributed by atoms with Gasteiger partial charge in [-0.25, -0.2) is 4.99 Å². The Morgan fingerprint density at radius 2 is 1.78 bits per heavy atom. The first-order chi connectivity index (χ1) is 13.0. The maximum absolute atomic E-state index is 12.3. The minimum atomic E-state index is -0.206. The number of ether oxygens (including phenoxy) is 3. The van der Waals surface area contributed by atoms with Crippen LogP contribution in [0, 0.1) is 0 Å². The van der Waals surface area contributed by atoms with Crippen LogP contribution in [0.2, 0.25) is 0 Å². The highest BCUT2D eigenvalue weighted by atomic mass is 79.9. The van der Waals surface area contributed by atoms with Crippen LogP contribution < -0.4 is 19.5 Å². The predicted molar refractivity (Wildman–Crippen MR) is 111 cm³/mol. The number of carbonyl (C=O) groups excluding carboxylic acids is 1. The number of hydrogen-bond acceptors (Lipinski definition) is 6. The fourth-order valence-electron chi connectivity index (χ4n) is 2.48. The number of aliphatic imine (C=N–C) groups is 1. The molecule has 0 atom stereocenters. The molecule has 1 fully saturated rings. The van der Waals surface area contributed by atoms with E-state index in [0.717, 1.165) is 15.7 Å². The van der Waals surface area contributed by atoms with Crippen molar-refractivity contribution in [2.24, 2.45) is 4.99 Å². The van der Waals surface area contributed by atoms with Gasteiger partial charge in [-0.1, -0.05) is 22.0 Å². The summed E-state index contributed by atoms with van der Waals surface area (Å²) in [6.45, 7) is 0. The monoisotopic (exact) mass is 448 g/mol. The summed E-state index contributed by atoms with van der Waals surface area (Å²) in [5, 5.41) is 3.30. The Labute approximate surface area is 169 Å². The fraction of sp³-hybridized carbons (Fsp3) is 0.158. The summed E-state index contributed by atoms with van der Waals surface area (Å²) in [5.41, 5.74) is 1.51. The Hall–Kier alpha value is -2.45. The van der Waals surface area contributed by atoms with E-state index in [4.69, 9.17) is 14.2 Å². The lowest BCUT2D eigenvalue weighted by atomic mass is 10.1. The van der Waals surface area contributed by atoms with E-state index in [9.17, 15) is 4.79 Å². The minimum Gasteiger partial charge on any atom is -0.493 e. The van der Waals surface area contributed by atoms with E-state index < -0.39 is 0 Å². The number of nitrogens with one attached hydrogen (secondary N) is 1.